The number of carbonyl (C=O) groups excluding carboxylic acids is 1. The first-order valence-corrected chi connectivity index (χ1v) is 7.82. The highest BCUT2D eigenvalue weighted by molar-refractivity contribution is 6.31. The molecule has 6 heteroatoms. The molecule has 3 rings (SSSR count). The molecule has 0 aliphatic heterocycles. The van der Waals surface area contributed by atoms with E-state index in [0.29, 0.717) is 36.3 Å². The van der Waals surface area contributed by atoms with Crippen molar-refractivity contribution in [1.82, 2.24) is 5.32 Å². The van der Waals surface area contributed by atoms with Gasteiger partial charge < -0.3 is 10.4 Å². The Labute approximate surface area is 132 Å². The van der Waals surface area contributed by atoms with Crippen LogP contribution in [0.25, 0.3) is 0 Å². The molecular weight excluding hydrogens is 309 g/mol. The maximum Gasteiger partial charge on any atom is 0.306 e. The Morgan fingerprint density at radius 1 is 1.27 bits per heavy atom. The zero-order valence-corrected chi connectivity index (χ0v) is 12.6. The van der Waals surface area contributed by atoms with Gasteiger partial charge in [-0.05, 0) is 37.8 Å². The van der Waals surface area contributed by atoms with E-state index >= 15 is 0 Å². The number of carboxylic acid groups (broad SMARTS) is 1. The summed E-state index contributed by atoms with van der Waals surface area (Å²) in [5, 5.41) is 12.2. The Morgan fingerprint density at radius 3 is 2.68 bits per heavy atom. The number of aliphatic carboxylic acids is 1. The van der Waals surface area contributed by atoms with Gasteiger partial charge in [0.15, 0.2) is 0 Å². The number of hydrogen-bond acceptors (Lipinski definition) is 2. The molecule has 1 amide bonds. The zero-order chi connectivity index (χ0) is 15.9. The first-order chi connectivity index (χ1) is 10.5. The van der Waals surface area contributed by atoms with E-state index in [1.165, 1.54) is 6.07 Å². The molecule has 1 aromatic carbocycles. The molecule has 22 heavy (non-hydrogen) atoms. The van der Waals surface area contributed by atoms with Crippen LogP contribution in [0.5, 0.6) is 0 Å². The van der Waals surface area contributed by atoms with Crippen LogP contribution in [-0.4, -0.2) is 23.0 Å². The smallest absolute Gasteiger partial charge is 0.306 e. The molecule has 4 nitrogen and oxygen atoms in total. The third kappa shape index (κ3) is 2.95. The topological polar surface area (TPSA) is 66.4 Å². The highest BCUT2D eigenvalue weighted by Gasteiger charge is 2.47. The van der Waals surface area contributed by atoms with Gasteiger partial charge in [0.2, 0.25) is 5.91 Å². The summed E-state index contributed by atoms with van der Waals surface area (Å²) in [5.41, 5.74) is 0.416. The minimum Gasteiger partial charge on any atom is -0.481 e. The van der Waals surface area contributed by atoms with Crippen molar-refractivity contribution in [2.75, 3.05) is 0 Å². The van der Waals surface area contributed by atoms with Gasteiger partial charge in [-0.3, -0.25) is 9.59 Å². The predicted molar refractivity (Wildman–Crippen MR) is 79.2 cm³/mol. The molecule has 0 spiro atoms. The van der Waals surface area contributed by atoms with Crippen molar-refractivity contribution in [2.45, 2.75) is 37.6 Å². The summed E-state index contributed by atoms with van der Waals surface area (Å²) in [7, 11) is 0. The summed E-state index contributed by atoms with van der Waals surface area (Å²) in [4.78, 5) is 23.1. The molecule has 2 unspecified atom stereocenters. The van der Waals surface area contributed by atoms with Crippen LogP contribution < -0.4 is 5.32 Å². The Hall–Kier alpha value is -1.62. The average Bonchev–Trinajstić information content (AvgIpc) is 3.09. The second kappa shape index (κ2) is 5.88. The Bertz CT molecular complexity index is 601. The number of benzene rings is 1. The van der Waals surface area contributed by atoms with Gasteiger partial charge in [-0.1, -0.05) is 17.7 Å². The third-order valence-electron chi connectivity index (χ3n) is 4.63. The molecule has 0 bridgehead atoms. The lowest BCUT2D eigenvalue weighted by Gasteiger charge is -2.12. The summed E-state index contributed by atoms with van der Waals surface area (Å²) >= 11 is 6.02. The molecule has 2 aliphatic carbocycles. The Balaban J connectivity index is 1.59. The molecule has 2 saturated carbocycles. The molecule has 0 heterocycles. The average molecular weight is 326 g/mol. The third-order valence-corrected chi connectivity index (χ3v) is 4.96. The van der Waals surface area contributed by atoms with E-state index in [4.69, 9.17) is 16.7 Å². The minimum absolute atomic E-state index is 0.0917. The van der Waals surface area contributed by atoms with Crippen LogP contribution >= 0.6 is 11.6 Å². The second-order valence-electron chi connectivity index (χ2n) is 6.14. The van der Waals surface area contributed by atoms with Gasteiger partial charge in [0.25, 0.3) is 0 Å². The highest BCUT2D eigenvalue weighted by atomic mass is 35.5. The first-order valence-electron chi connectivity index (χ1n) is 7.44. The van der Waals surface area contributed by atoms with Crippen LogP contribution in [0.4, 0.5) is 4.39 Å². The van der Waals surface area contributed by atoms with Crippen molar-refractivity contribution in [1.29, 1.82) is 0 Å². The number of halogens is 2. The van der Waals surface area contributed by atoms with Crippen molar-refractivity contribution < 1.29 is 19.1 Å². The van der Waals surface area contributed by atoms with E-state index in [0.717, 1.165) is 0 Å². The van der Waals surface area contributed by atoms with E-state index in [1.807, 2.05) is 0 Å². The van der Waals surface area contributed by atoms with E-state index in [9.17, 15) is 14.0 Å². The maximum atomic E-state index is 13.8. The van der Waals surface area contributed by atoms with Crippen LogP contribution in [0.2, 0.25) is 5.02 Å². The van der Waals surface area contributed by atoms with Gasteiger partial charge in [-0.15, -0.1) is 0 Å². The van der Waals surface area contributed by atoms with Crippen molar-refractivity contribution >= 4 is 23.5 Å². The van der Waals surface area contributed by atoms with E-state index in [2.05, 4.69) is 5.32 Å². The van der Waals surface area contributed by atoms with Crippen LogP contribution in [0, 0.1) is 17.7 Å². The molecule has 2 fully saturated rings. The number of rotatable bonds is 4. The van der Waals surface area contributed by atoms with Crippen LogP contribution in [0.15, 0.2) is 18.2 Å². The lowest BCUT2D eigenvalue weighted by molar-refractivity contribution is -0.141. The summed E-state index contributed by atoms with van der Waals surface area (Å²) < 4.78 is 13.8. The minimum atomic E-state index is -0.806. The fourth-order valence-corrected chi connectivity index (χ4v) is 3.62. The number of hydrogen-bond donors (Lipinski definition) is 2. The fraction of sp³-hybridized carbons (Fsp3) is 0.500. The second-order valence-corrected chi connectivity index (χ2v) is 6.54. The van der Waals surface area contributed by atoms with Gasteiger partial charge in [-0.2, -0.15) is 0 Å². The summed E-state index contributed by atoms with van der Waals surface area (Å²) in [5.74, 6) is -2.12. The van der Waals surface area contributed by atoms with Gasteiger partial charge >= 0.3 is 5.97 Å². The SMILES string of the molecule is O=C(N[C@@H]1CC[C@H](C(=O)O)C1)C1CC1c1c(F)cccc1Cl. The summed E-state index contributed by atoms with van der Waals surface area (Å²) in [6, 6.07) is 4.43. The van der Waals surface area contributed by atoms with Gasteiger partial charge in [0.1, 0.15) is 5.82 Å². The summed E-state index contributed by atoms with van der Waals surface area (Å²) in [6.45, 7) is 0. The molecule has 4 atom stereocenters. The van der Waals surface area contributed by atoms with Crippen LogP contribution in [0.1, 0.15) is 37.2 Å². The van der Waals surface area contributed by atoms with Crippen LogP contribution in [-0.2, 0) is 9.59 Å². The van der Waals surface area contributed by atoms with Crippen LogP contribution in [0.3, 0.4) is 0 Å². The lowest BCUT2D eigenvalue weighted by Crippen LogP contribution is -2.34. The van der Waals surface area contributed by atoms with Crippen molar-refractivity contribution in [3.8, 4) is 0 Å². The Morgan fingerprint density at radius 2 is 2.05 bits per heavy atom. The zero-order valence-electron chi connectivity index (χ0n) is 11.9. The largest absolute Gasteiger partial charge is 0.481 e. The number of carboxylic acids is 1. The number of nitrogens with one attached hydrogen (secondary N) is 1. The van der Waals surface area contributed by atoms with E-state index in [1.54, 1.807) is 12.1 Å². The number of carbonyl (C=O) groups is 2. The molecule has 2 aliphatic rings. The summed E-state index contributed by atoms with van der Waals surface area (Å²) in [6.07, 6.45) is 2.33. The predicted octanol–water partition coefficient (Wildman–Crippen LogP) is 2.95. The molecule has 0 radical (unpaired) electrons. The highest BCUT2D eigenvalue weighted by Crippen LogP contribution is 2.50. The van der Waals surface area contributed by atoms with Gasteiger partial charge in [-0.25, -0.2) is 4.39 Å². The maximum absolute atomic E-state index is 13.8. The quantitative estimate of drug-likeness (QED) is 0.894. The molecular formula is C16H17ClFNO3. The monoisotopic (exact) mass is 325 g/mol. The van der Waals surface area contributed by atoms with Crippen molar-refractivity contribution in [2.24, 2.45) is 11.8 Å². The number of amides is 1. The molecule has 1 aromatic rings. The lowest BCUT2D eigenvalue weighted by atomic mass is 10.1. The normalized spacial score (nSPS) is 30.1. The first kappa shape index (κ1) is 15.3. The Kier molecular flexibility index (Phi) is 4.08. The molecule has 118 valence electrons. The molecule has 2 N–H and O–H groups in total. The van der Waals surface area contributed by atoms with E-state index < -0.39 is 5.97 Å². The van der Waals surface area contributed by atoms with E-state index in [-0.39, 0.29) is 35.5 Å². The van der Waals surface area contributed by atoms with Gasteiger partial charge in [0.05, 0.1) is 5.92 Å². The fourth-order valence-electron chi connectivity index (χ4n) is 3.31. The molecule has 0 aromatic heterocycles. The van der Waals surface area contributed by atoms with Crippen molar-refractivity contribution in [3.63, 3.8) is 0 Å². The molecule has 0 saturated heterocycles. The van der Waals surface area contributed by atoms with Crippen molar-refractivity contribution in [3.05, 3.63) is 34.6 Å². The van der Waals surface area contributed by atoms with Gasteiger partial charge in [0, 0.05) is 28.5 Å². The standard InChI is InChI=1S/C16H17ClFNO3/c17-12-2-1-3-13(18)14(12)10-7-11(10)15(20)19-9-5-4-8(6-9)16(21)22/h1-3,8-11H,4-7H2,(H,19,20)(H,21,22)/t8-,9+,10?,11?/m0/s1.